The summed E-state index contributed by atoms with van der Waals surface area (Å²) in [6.07, 6.45) is 15.4. The Morgan fingerprint density at radius 2 is 2.03 bits per heavy atom. The molecule has 7 nitrogen and oxygen atoms in total. The molecule has 1 saturated carbocycles. The Kier molecular flexibility index (Phi) is 5.18. The number of hydrogen-bond donors (Lipinski definition) is 1. The molecule has 0 radical (unpaired) electrons. The highest BCUT2D eigenvalue weighted by Gasteiger charge is 2.30. The topological polar surface area (TPSA) is 79.6 Å². The second kappa shape index (κ2) is 8.28. The number of nitrogens with one attached hydrogen (secondary N) is 1. The zero-order valence-corrected chi connectivity index (χ0v) is 17.0. The van der Waals surface area contributed by atoms with Crippen molar-refractivity contribution in [1.29, 1.82) is 0 Å². The maximum absolute atomic E-state index is 12.6. The summed E-state index contributed by atoms with van der Waals surface area (Å²) in [5.74, 6) is 1.08. The summed E-state index contributed by atoms with van der Waals surface area (Å²) in [4.78, 5) is 29.1. The molecule has 31 heavy (non-hydrogen) atoms. The van der Waals surface area contributed by atoms with Gasteiger partial charge in [0.25, 0.3) is 0 Å². The van der Waals surface area contributed by atoms with E-state index < -0.39 is 0 Å². The Hall–Kier alpha value is -3.58. The quantitative estimate of drug-likeness (QED) is 0.706. The SMILES string of the molecule is O=C(/C=C/C1N=C2C=CC=C(c3cnn(C(=O)CCc4ccccc4)c3)N2N1)C1CC1. The number of amidine groups is 1. The molecule has 3 heterocycles. The second-order valence-corrected chi connectivity index (χ2v) is 7.90. The minimum Gasteiger partial charge on any atom is -0.295 e. The van der Waals surface area contributed by atoms with Crippen LogP contribution >= 0.6 is 0 Å². The molecule has 1 atom stereocenters. The predicted molar refractivity (Wildman–Crippen MR) is 118 cm³/mol. The molecular weight excluding hydrogens is 390 g/mol. The molecule has 1 fully saturated rings. The van der Waals surface area contributed by atoms with E-state index in [0.29, 0.717) is 12.8 Å². The summed E-state index contributed by atoms with van der Waals surface area (Å²) in [5.41, 5.74) is 6.09. The smallest absolute Gasteiger partial charge is 0.247 e. The van der Waals surface area contributed by atoms with Crippen LogP contribution in [0.1, 0.15) is 35.2 Å². The fraction of sp³-hybridized carbons (Fsp3) is 0.250. The lowest BCUT2D eigenvalue weighted by Crippen LogP contribution is -2.38. The highest BCUT2D eigenvalue weighted by molar-refractivity contribution is 6.02. The molecule has 7 heteroatoms. The van der Waals surface area contributed by atoms with Crippen molar-refractivity contribution in [1.82, 2.24) is 20.2 Å². The van der Waals surface area contributed by atoms with Crippen molar-refractivity contribution in [2.75, 3.05) is 0 Å². The summed E-state index contributed by atoms with van der Waals surface area (Å²) in [5, 5.41) is 6.14. The lowest BCUT2D eigenvalue weighted by molar-refractivity contribution is -0.115. The van der Waals surface area contributed by atoms with Crippen LogP contribution < -0.4 is 5.43 Å². The number of allylic oxidation sites excluding steroid dienone is 3. The van der Waals surface area contributed by atoms with Crippen molar-refractivity contribution in [2.45, 2.75) is 31.8 Å². The number of nitrogens with zero attached hydrogens (tertiary/aromatic N) is 4. The molecule has 1 aliphatic carbocycles. The van der Waals surface area contributed by atoms with Gasteiger partial charge in [-0.2, -0.15) is 5.10 Å². The molecule has 1 unspecified atom stereocenters. The molecule has 2 aliphatic heterocycles. The summed E-state index contributed by atoms with van der Waals surface area (Å²) >= 11 is 0. The van der Waals surface area contributed by atoms with Gasteiger partial charge in [0.2, 0.25) is 5.91 Å². The summed E-state index contributed by atoms with van der Waals surface area (Å²) in [6.45, 7) is 0. The van der Waals surface area contributed by atoms with E-state index in [1.165, 1.54) is 4.68 Å². The van der Waals surface area contributed by atoms with Crippen LogP contribution in [0.3, 0.4) is 0 Å². The normalized spacial score (nSPS) is 20.0. The first-order chi connectivity index (χ1) is 15.2. The lowest BCUT2D eigenvalue weighted by Gasteiger charge is -2.24. The van der Waals surface area contributed by atoms with E-state index in [-0.39, 0.29) is 23.8 Å². The molecule has 156 valence electrons. The van der Waals surface area contributed by atoms with Gasteiger partial charge in [-0.05, 0) is 49.1 Å². The Balaban J connectivity index is 1.24. The first-order valence-corrected chi connectivity index (χ1v) is 10.5. The summed E-state index contributed by atoms with van der Waals surface area (Å²) < 4.78 is 1.40. The van der Waals surface area contributed by atoms with Crippen LogP contribution in [0, 0.1) is 5.92 Å². The third-order valence-corrected chi connectivity index (χ3v) is 5.53. The van der Waals surface area contributed by atoms with E-state index >= 15 is 0 Å². The van der Waals surface area contributed by atoms with E-state index in [1.54, 1.807) is 24.5 Å². The minimum atomic E-state index is -0.300. The Labute approximate surface area is 180 Å². The number of hydrazine groups is 1. The van der Waals surface area contributed by atoms with Gasteiger partial charge in [0, 0.05) is 24.1 Å². The first kappa shape index (κ1) is 19.4. The maximum atomic E-state index is 12.6. The van der Waals surface area contributed by atoms with Gasteiger partial charge in [-0.25, -0.2) is 15.1 Å². The van der Waals surface area contributed by atoms with Crippen molar-refractivity contribution >= 4 is 23.2 Å². The zero-order chi connectivity index (χ0) is 21.2. The third kappa shape index (κ3) is 4.32. The largest absolute Gasteiger partial charge is 0.295 e. The number of carbonyl (C=O) groups is 2. The Bertz CT molecular complexity index is 1120. The van der Waals surface area contributed by atoms with Crippen molar-refractivity contribution in [3.05, 3.63) is 84.2 Å². The fourth-order valence-electron chi connectivity index (χ4n) is 3.64. The van der Waals surface area contributed by atoms with Gasteiger partial charge in [-0.15, -0.1) is 0 Å². The molecule has 1 aromatic heterocycles. The molecule has 3 aliphatic rings. The average Bonchev–Trinajstić information content (AvgIpc) is 3.38. The highest BCUT2D eigenvalue weighted by Crippen LogP contribution is 2.30. The standard InChI is InChI=1S/C24H23N5O2/c30-21(18-10-11-18)12-13-22-26-23-8-4-7-20(29(23)27-22)19-15-25-28(16-19)24(31)14-9-17-5-2-1-3-6-17/h1-8,12-13,15-16,18,22,27H,9-11,14H2/b13-12+. The number of rotatable bonds is 7. The van der Waals surface area contributed by atoms with Crippen LogP contribution in [0.5, 0.6) is 0 Å². The van der Waals surface area contributed by atoms with E-state index in [4.69, 9.17) is 0 Å². The van der Waals surface area contributed by atoms with E-state index in [2.05, 4.69) is 15.5 Å². The van der Waals surface area contributed by atoms with Crippen LogP contribution in [0.15, 0.2) is 78.1 Å². The summed E-state index contributed by atoms with van der Waals surface area (Å²) in [7, 11) is 0. The second-order valence-electron chi connectivity index (χ2n) is 7.90. The Morgan fingerprint density at radius 3 is 2.84 bits per heavy atom. The van der Waals surface area contributed by atoms with Gasteiger partial charge in [0.15, 0.2) is 5.78 Å². The monoisotopic (exact) mass is 413 g/mol. The van der Waals surface area contributed by atoms with E-state index in [0.717, 1.165) is 35.5 Å². The molecule has 0 bridgehead atoms. The van der Waals surface area contributed by atoms with Crippen molar-refractivity contribution in [3.63, 3.8) is 0 Å². The van der Waals surface area contributed by atoms with Crippen LogP contribution in [0.25, 0.3) is 5.70 Å². The van der Waals surface area contributed by atoms with Gasteiger partial charge in [0.05, 0.1) is 11.9 Å². The number of ketones is 1. The van der Waals surface area contributed by atoms with E-state index in [9.17, 15) is 9.59 Å². The van der Waals surface area contributed by atoms with Crippen molar-refractivity contribution < 1.29 is 9.59 Å². The third-order valence-electron chi connectivity index (χ3n) is 5.53. The number of aromatic nitrogens is 2. The molecule has 1 N–H and O–H groups in total. The lowest BCUT2D eigenvalue weighted by atomic mass is 10.1. The van der Waals surface area contributed by atoms with E-state index in [1.807, 2.05) is 53.6 Å². The highest BCUT2D eigenvalue weighted by atomic mass is 16.2. The Morgan fingerprint density at radius 1 is 1.19 bits per heavy atom. The predicted octanol–water partition coefficient (Wildman–Crippen LogP) is 3.15. The van der Waals surface area contributed by atoms with Gasteiger partial charge < -0.3 is 0 Å². The number of aryl methyl sites for hydroxylation is 1. The maximum Gasteiger partial charge on any atom is 0.247 e. The van der Waals surface area contributed by atoms with Gasteiger partial charge in [-0.1, -0.05) is 36.4 Å². The summed E-state index contributed by atoms with van der Waals surface area (Å²) in [6, 6.07) is 9.95. The molecular formula is C24H23N5O2. The molecule has 1 aromatic carbocycles. The van der Waals surface area contributed by atoms with Gasteiger partial charge in [0.1, 0.15) is 12.0 Å². The van der Waals surface area contributed by atoms with Gasteiger partial charge >= 0.3 is 0 Å². The number of hydrogen-bond acceptors (Lipinski definition) is 6. The number of fused-ring (bicyclic) bond motifs is 1. The zero-order valence-electron chi connectivity index (χ0n) is 17.0. The van der Waals surface area contributed by atoms with Crippen molar-refractivity contribution in [3.8, 4) is 0 Å². The van der Waals surface area contributed by atoms with Crippen molar-refractivity contribution in [2.24, 2.45) is 10.9 Å². The fourth-order valence-corrected chi connectivity index (χ4v) is 3.64. The molecule has 0 amide bonds. The molecule has 5 rings (SSSR count). The van der Waals surface area contributed by atoms with Crippen LogP contribution in [-0.2, 0) is 11.2 Å². The molecule has 0 saturated heterocycles. The minimum absolute atomic E-state index is 0.0512. The molecule has 2 aromatic rings. The first-order valence-electron chi connectivity index (χ1n) is 10.5. The number of carbonyl (C=O) groups excluding carboxylic acids is 2. The number of aliphatic imine (C=N–C) groups is 1. The average molecular weight is 413 g/mol. The van der Waals surface area contributed by atoms with Crippen LogP contribution in [0.2, 0.25) is 0 Å². The van der Waals surface area contributed by atoms with Crippen LogP contribution in [-0.4, -0.2) is 38.5 Å². The molecule has 0 spiro atoms. The van der Waals surface area contributed by atoms with Gasteiger partial charge in [-0.3, -0.25) is 14.6 Å². The van der Waals surface area contributed by atoms with Crippen LogP contribution in [0.4, 0.5) is 0 Å². The number of benzene rings is 1.